The second kappa shape index (κ2) is 7.25. The van der Waals surface area contributed by atoms with Gasteiger partial charge in [0.2, 0.25) is 0 Å². The fourth-order valence-electron chi connectivity index (χ4n) is 2.91. The number of rotatable bonds is 6. The molecule has 1 rings (SSSR count). The fourth-order valence-corrected chi connectivity index (χ4v) is 2.91. The molecule has 0 saturated carbocycles. The summed E-state index contributed by atoms with van der Waals surface area (Å²) in [4.78, 5) is 2.46. The number of hydrogen-bond donors (Lipinski definition) is 2. The zero-order valence-electron chi connectivity index (χ0n) is 10.9. The Hall–Kier alpha value is -0.120. The third-order valence-corrected chi connectivity index (χ3v) is 3.87. The van der Waals surface area contributed by atoms with Gasteiger partial charge >= 0.3 is 0 Å². The van der Waals surface area contributed by atoms with Crippen LogP contribution in [0.3, 0.4) is 0 Å². The van der Waals surface area contributed by atoms with Crippen molar-refractivity contribution in [2.45, 2.75) is 70.5 Å². The minimum atomic E-state index is 0.127. The molecule has 96 valence electrons. The van der Waals surface area contributed by atoms with Crippen LogP contribution in [-0.4, -0.2) is 41.3 Å². The SMILES string of the molecule is CCCC(N)C(CO)N1CCCCC1CC. The lowest BCUT2D eigenvalue weighted by molar-refractivity contribution is 0.0401. The average Bonchev–Trinajstić information content (AvgIpc) is 2.31. The first-order chi connectivity index (χ1) is 7.74. The van der Waals surface area contributed by atoms with Gasteiger partial charge in [0.1, 0.15) is 0 Å². The number of aliphatic hydroxyl groups is 1. The van der Waals surface area contributed by atoms with Crippen molar-refractivity contribution >= 4 is 0 Å². The van der Waals surface area contributed by atoms with Gasteiger partial charge in [-0.15, -0.1) is 0 Å². The molecule has 1 fully saturated rings. The highest BCUT2D eigenvalue weighted by Crippen LogP contribution is 2.23. The third-order valence-electron chi connectivity index (χ3n) is 3.87. The maximum atomic E-state index is 9.57. The fraction of sp³-hybridized carbons (Fsp3) is 1.00. The van der Waals surface area contributed by atoms with E-state index in [2.05, 4.69) is 18.7 Å². The molecule has 1 heterocycles. The van der Waals surface area contributed by atoms with Crippen LogP contribution in [0.5, 0.6) is 0 Å². The highest BCUT2D eigenvalue weighted by molar-refractivity contribution is 4.87. The zero-order valence-corrected chi connectivity index (χ0v) is 10.9. The van der Waals surface area contributed by atoms with E-state index in [0.29, 0.717) is 6.04 Å². The van der Waals surface area contributed by atoms with Gasteiger partial charge in [-0.1, -0.05) is 26.7 Å². The largest absolute Gasteiger partial charge is 0.395 e. The Kier molecular flexibility index (Phi) is 6.32. The lowest BCUT2D eigenvalue weighted by atomic mass is 9.94. The molecule has 1 aliphatic rings. The van der Waals surface area contributed by atoms with E-state index in [9.17, 15) is 5.11 Å². The van der Waals surface area contributed by atoms with Gasteiger partial charge in [0, 0.05) is 18.1 Å². The molecule has 3 atom stereocenters. The summed E-state index contributed by atoms with van der Waals surface area (Å²) in [5, 5.41) is 9.57. The molecule has 3 nitrogen and oxygen atoms in total. The van der Waals surface area contributed by atoms with Crippen LogP contribution in [0.1, 0.15) is 52.4 Å². The lowest BCUT2D eigenvalue weighted by Crippen LogP contribution is -2.55. The van der Waals surface area contributed by atoms with Gasteiger partial charge < -0.3 is 10.8 Å². The van der Waals surface area contributed by atoms with E-state index in [1.807, 2.05) is 0 Å². The Bertz CT molecular complexity index is 187. The summed E-state index contributed by atoms with van der Waals surface area (Å²) in [5.41, 5.74) is 6.19. The Morgan fingerprint density at radius 2 is 2.12 bits per heavy atom. The molecule has 3 unspecified atom stereocenters. The molecule has 0 aromatic carbocycles. The average molecular weight is 228 g/mol. The van der Waals surface area contributed by atoms with Gasteiger partial charge in [-0.3, -0.25) is 4.90 Å². The molecule has 3 N–H and O–H groups in total. The normalized spacial score (nSPS) is 26.6. The number of piperidine rings is 1. The first kappa shape index (κ1) is 13.9. The number of nitrogens with two attached hydrogens (primary N) is 1. The topological polar surface area (TPSA) is 49.5 Å². The summed E-state index contributed by atoms with van der Waals surface area (Å²) in [5.74, 6) is 0. The minimum absolute atomic E-state index is 0.127. The highest BCUT2D eigenvalue weighted by Gasteiger charge is 2.30. The van der Waals surface area contributed by atoms with Gasteiger partial charge in [-0.2, -0.15) is 0 Å². The van der Waals surface area contributed by atoms with Crippen molar-refractivity contribution in [1.82, 2.24) is 4.90 Å². The quantitative estimate of drug-likeness (QED) is 0.728. The van der Waals surface area contributed by atoms with Crippen molar-refractivity contribution in [3.8, 4) is 0 Å². The van der Waals surface area contributed by atoms with Crippen LogP contribution in [0.25, 0.3) is 0 Å². The predicted molar refractivity (Wildman–Crippen MR) is 68.4 cm³/mol. The number of hydrogen-bond acceptors (Lipinski definition) is 3. The summed E-state index contributed by atoms with van der Waals surface area (Å²) < 4.78 is 0. The van der Waals surface area contributed by atoms with Crippen molar-refractivity contribution in [2.75, 3.05) is 13.2 Å². The molecule has 0 aliphatic carbocycles. The maximum absolute atomic E-state index is 9.57. The van der Waals surface area contributed by atoms with Crippen molar-refractivity contribution in [3.05, 3.63) is 0 Å². The van der Waals surface area contributed by atoms with Crippen LogP contribution in [0, 0.1) is 0 Å². The molecule has 1 saturated heterocycles. The van der Waals surface area contributed by atoms with Gasteiger partial charge in [0.05, 0.1) is 6.61 Å². The molecule has 1 aliphatic heterocycles. The smallest absolute Gasteiger partial charge is 0.0602 e. The number of aliphatic hydroxyl groups excluding tert-OH is 1. The molecule has 0 amide bonds. The molecule has 0 aromatic heterocycles. The first-order valence-corrected chi connectivity index (χ1v) is 6.86. The first-order valence-electron chi connectivity index (χ1n) is 6.86. The Labute approximate surface area is 100 Å². The van der Waals surface area contributed by atoms with E-state index in [1.54, 1.807) is 0 Å². The highest BCUT2D eigenvalue weighted by atomic mass is 16.3. The number of nitrogens with zero attached hydrogens (tertiary/aromatic N) is 1. The van der Waals surface area contributed by atoms with Gasteiger partial charge in [0.15, 0.2) is 0 Å². The van der Waals surface area contributed by atoms with Crippen molar-refractivity contribution in [2.24, 2.45) is 5.73 Å². The number of likely N-dealkylation sites (tertiary alicyclic amines) is 1. The van der Waals surface area contributed by atoms with Crippen LogP contribution >= 0.6 is 0 Å². The lowest BCUT2D eigenvalue weighted by Gasteiger charge is -2.42. The van der Waals surface area contributed by atoms with Crippen molar-refractivity contribution in [3.63, 3.8) is 0 Å². The zero-order chi connectivity index (χ0) is 12.0. The van der Waals surface area contributed by atoms with Crippen LogP contribution in [0.15, 0.2) is 0 Å². The Morgan fingerprint density at radius 3 is 2.69 bits per heavy atom. The second-order valence-corrected chi connectivity index (χ2v) is 5.00. The minimum Gasteiger partial charge on any atom is -0.395 e. The van der Waals surface area contributed by atoms with Crippen LogP contribution in [0.2, 0.25) is 0 Å². The summed E-state index contributed by atoms with van der Waals surface area (Å²) in [6, 6.07) is 0.932. The molecule has 0 aromatic rings. The van der Waals surface area contributed by atoms with E-state index < -0.39 is 0 Å². The van der Waals surface area contributed by atoms with Crippen molar-refractivity contribution in [1.29, 1.82) is 0 Å². The molecule has 0 spiro atoms. The second-order valence-electron chi connectivity index (χ2n) is 5.00. The van der Waals surface area contributed by atoms with E-state index in [4.69, 9.17) is 5.73 Å². The summed E-state index contributed by atoms with van der Waals surface area (Å²) >= 11 is 0. The Morgan fingerprint density at radius 1 is 1.38 bits per heavy atom. The predicted octanol–water partition coefficient (Wildman–Crippen LogP) is 1.74. The molecular formula is C13H28N2O. The molecular weight excluding hydrogens is 200 g/mol. The van der Waals surface area contributed by atoms with Crippen molar-refractivity contribution < 1.29 is 5.11 Å². The van der Waals surface area contributed by atoms with Gasteiger partial charge in [-0.25, -0.2) is 0 Å². The van der Waals surface area contributed by atoms with Gasteiger partial charge in [0.25, 0.3) is 0 Å². The van der Waals surface area contributed by atoms with E-state index in [0.717, 1.165) is 19.4 Å². The third kappa shape index (κ3) is 3.44. The molecule has 0 bridgehead atoms. The molecule has 0 radical (unpaired) electrons. The van der Waals surface area contributed by atoms with Crippen LogP contribution in [-0.2, 0) is 0 Å². The van der Waals surface area contributed by atoms with E-state index >= 15 is 0 Å². The standard InChI is InChI=1S/C13H28N2O/c1-3-7-12(14)13(10-16)15-9-6-5-8-11(15)4-2/h11-13,16H,3-10,14H2,1-2H3. The summed E-state index contributed by atoms with van der Waals surface area (Å²) in [7, 11) is 0. The van der Waals surface area contributed by atoms with Gasteiger partial charge in [-0.05, 0) is 32.2 Å². The van der Waals surface area contributed by atoms with E-state index in [-0.39, 0.29) is 18.7 Å². The van der Waals surface area contributed by atoms with Crippen LogP contribution in [0.4, 0.5) is 0 Å². The van der Waals surface area contributed by atoms with Crippen LogP contribution < -0.4 is 5.73 Å². The maximum Gasteiger partial charge on any atom is 0.0602 e. The molecule has 3 heteroatoms. The Balaban J connectivity index is 2.61. The molecule has 16 heavy (non-hydrogen) atoms. The van der Waals surface area contributed by atoms with E-state index in [1.165, 1.54) is 25.7 Å². The summed E-state index contributed by atoms with van der Waals surface area (Å²) in [6.07, 6.45) is 7.14. The summed E-state index contributed by atoms with van der Waals surface area (Å²) in [6.45, 7) is 5.71. The monoisotopic (exact) mass is 228 g/mol.